The largest absolute Gasteiger partial charge is 0.207 e. The summed E-state index contributed by atoms with van der Waals surface area (Å²) in [7, 11) is 0. The van der Waals surface area contributed by atoms with Gasteiger partial charge in [-0.25, -0.2) is 4.39 Å². The van der Waals surface area contributed by atoms with Crippen LogP contribution >= 0.6 is 11.6 Å². The van der Waals surface area contributed by atoms with Gasteiger partial charge in [0.25, 0.3) is 0 Å². The Labute approximate surface area is 132 Å². The summed E-state index contributed by atoms with van der Waals surface area (Å²) in [5.74, 6) is -0.192. The molecule has 0 aliphatic carbocycles. The van der Waals surface area contributed by atoms with Crippen LogP contribution in [0.25, 0.3) is 0 Å². The van der Waals surface area contributed by atoms with Gasteiger partial charge in [-0.2, -0.15) is 0 Å². The highest BCUT2D eigenvalue weighted by molar-refractivity contribution is 6.22. The molecule has 2 aromatic carbocycles. The molecule has 0 fully saturated rings. The van der Waals surface area contributed by atoms with Gasteiger partial charge in [0.05, 0.1) is 5.38 Å². The third-order valence-corrected chi connectivity index (χ3v) is 4.85. The summed E-state index contributed by atoms with van der Waals surface area (Å²) >= 11 is 6.53. The smallest absolute Gasteiger partial charge is 0.126 e. The number of halogens is 2. The third-order valence-electron chi connectivity index (χ3n) is 4.34. The first-order valence-electron chi connectivity index (χ1n) is 7.35. The molecule has 2 aromatic rings. The van der Waals surface area contributed by atoms with Gasteiger partial charge in [-0.1, -0.05) is 57.2 Å². The zero-order valence-electron chi connectivity index (χ0n) is 13.1. The van der Waals surface area contributed by atoms with E-state index in [2.05, 4.69) is 45.0 Å². The Hall–Kier alpha value is -1.34. The first-order chi connectivity index (χ1) is 9.85. The minimum Gasteiger partial charge on any atom is -0.207 e. The molecule has 0 saturated carbocycles. The number of aryl methyl sites for hydroxylation is 1. The van der Waals surface area contributed by atoms with Gasteiger partial charge in [0, 0.05) is 0 Å². The van der Waals surface area contributed by atoms with E-state index >= 15 is 0 Å². The van der Waals surface area contributed by atoms with Crippen LogP contribution in [0.5, 0.6) is 0 Å². The van der Waals surface area contributed by atoms with Crippen LogP contribution in [0.3, 0.4) is 0 Å². The molecule has 0 amide bonds. The summed E-state index contributed by atoms with van der Waals surface area (Å²) < 4.78 is 13.3. The highest BCUT2D eigenvalue weighted by Crippen LogP contribution is 2.32. The maximum absolute atomic E-state index is 13.3. The number of hydrogen-bond acceptors (Lipinski definition) is 0. The van der Waals surface area contributed by atoms with Crippen molar-refractivity contribution in [2.24, 2.45) is 0 Å². The zero-order valence-corrected chi connectivity index (χ0v) is 13.8. The van der Waals surface area contributed by atoms with Crippen molar-refractivity contribution in [3.05, 3.63) is 70.5 Å². The molecule has 1 atom stereocenters. The van der Waals surface area contributed by atoms with Crippen molar-refractivity contribution in [3.63, 3.8) is 0 Å². The van der Waals surface area contributed by atoms with Gasteiger partial charge < -0.3 is 0 Å². The Balaban J connectivity index is 2.27. The molecule has 0 heterocycles. The van der Waals surface area contributed by atoms with Crippen molar-refractivity contribution in [2.45, 2.75) is 44.9 Å². The van der Waals surface area contributed by atoms with Crippen LogP contribution < -0.4 is 0 Å². The fourth-order valence-electron chi connectivity index (χ4n) is 2.33. The van der Waals surface area contributed by atoms with Gasteiger partial charge >= 0.3 is 0 Å². The molecule has 1 unspecified atom stereocenters. The average molecular weight is 305 g/mol. The standard InChI is InChI=1S/C19H22ClF/c1-5-19(3,4)16-9-6-14(7-10-16)18(20)15-8-11-17(21)13(2)12-15/h6-12,18H,5H2,1-4H3. The number of benzene rings is 2. The van der Waals surface area contributed by atoms with Gasteiger partial charge in [0.15, 0.2) is 0 Å². The van der Waals surface area contributed by atoms with E-state index in [0.717, 1.165) is 17.5 Å². The van der Waals surface area contributed by atoms with E-state index in [9.17, 15) is 4.39 Å². The van der Waals surface area contributed by atoms with Crippen LogP contribution in [0.1, 0.15) is 54.8 Å². The Kier molecular flexibility index (Phi) is 4.73. The predicted octanol–water partition coefficient (Wildman–Crippen LogP) is 6.15. The van der Waals surface area contributed by atoms with Crippen LogP contribution in [-0.2, 0) is 5.41 Å². The topological polar surface area (TPSA) is 0 Å². The van der Waals surface area contributed by atoms with Crippen molar-refractivity contribution in [3.8, 4) is 0 Å². The summed E-state index contributed by atoms with van der Waals surface area (Å²) in [6, 6.07) is 13.5. The van der Waals surface area contributed by atoms with Crippen molar-refractivity contribution in [2.75, 3.05) is 0 Å². The molecule has 2 heteroatoms. The molecule has 0 saturated heterocycles. The highest BCUT2D eigenvalue weighted by Gasteiger charge is 2.19. The van der Waals surface area contributed by atoms with E-state index in [0.29, 0.717) is 5.56 Å². The summed E-state index contributed by atoms with van der Waals surface area (Å²) in [5, 5.41) is -0.247. The monoisotopic (exact) mass is 304 g/mol. The molecule has 112 valence electrons. The molecule has 0 N–H and O–H groups in total. The molecule has 2 rings (SSSR count). The Bertz CT molecular complexity index is 614. The zero-order chi connectivity index (χ0) is 15.6. The average Bonchev–Trinajstić information content (AvgIpc) is 2.49. The lowest BCUT2D eigenvalue weighted by Crippen LogP contribution is -2.15. The maximum Gasteiger partial charge on any atom is 0.126 e. The van der Waals surface area contributed by atoms with E-state index in [4.69, 9.17) is 11.6 Å². The van der Waals surface area contributed by atoms with Crippen LogP contribution in [0, 0.1) is 12.7 Å². The quantitative estimate of drug-likeness (QED) is 0.594. The summed E-state index contributed by atoms with van der Waals surface area (Å²) in [6.45, 7) is 8.43. The molecule has 0 aliphatic heterocycles. The van der Waals surface area contributed by atoms with E-state index in [-0.39, 0.29) is 16.6 Å². The Morgan fingerprint density at radius 1 is 1.05 bits per heavy atom. The molecule has 0 nitrogen and oxygen atoms in total. The van der Waals surface area contributed by atoms with Crippen LogP contribution in [0.2, 0.25) is 0 Å². The van der Waals surface area contributed by atoms with Crippen molar-refractivity contribution in [1.82, 2.24) is 0 Å². The second kappa shape index (κ2) is 6.19. The van der Waals surface area contributed by atoms with Crippen LogP contribution in [-0.4, -0.2) is 0 Å². The molecular formula is C19H22ClF. The first kappa shape index (κ1) is 16.0. The van der Waals surface area contributed by atoms with Gasteiger partial charge in [0.1, 0.15) is 5.82 Å². The summed E-state index contributed by atoms with van der Waals surface area (Å²) in [6.07, 6.45) is 1.09. The van der Waals surface area contributed by atoms with Gasteiger partial charge in [0.2, 0.25) is 0 Å². The lowest BCUT2D eigenvalue weighted by molar-refractivity contribution is 0.506. The highest BCUT2D eigenvalue weighted by atomic mass is 35.5. The van der Waals surface area contributed by atoms with Crippen LogP contribution in [0.4, 0.5) is 4.39 Å². The maximum atomic E-state index is 13.3. The fourth-order valence-corrected chi connectivity index (χ4v) is 2.61. The van der Waals surface area contributed by atoms with Gasteiger partial charge in [-0.3, -0.25) is 0 Å². The molecule has 0 aromatic heterocycles. The van der Waals surface area contributed by atoms with E-state index in [1.54, 1.807) is 13.0 Å². The molecule has 0 spiro atoms. The van der Waals surface area contributed by atoms with Crippen molar-refractivity contribution in [1.29, 1.82) is 0 Å². The third kappa shape index (κ3) is 3.47. The number of hydrogen-bond donors (Lipinski definition) is 0. The first-order valence-corrected chi connectivity index (χ1v) is 7.79. The second-order valence-electron chi connectivity index (χ2n) is 6.23. The molecule has 0 aliphatic rings. The molecule has 0 radical (unpaired) electrons. The van der Waals surface area contributed by atoms with Crippen LogP contribution in [0.15, 0.2) is 42.5 Å². The molecule has 21 heavy (non-hydrogen) atoms. The van der Waals surface area contributed by atoms with Gasteiger partial charge in [-0.05, 0) is 47.1 Å². The lowest BCUT2D eigenvalue weighted by Gasteiger charge is -2.24. The summed E-state index contributed by atoms with van der Waals surface area (Å²) in [4.78, 5) is 0. The predicted molar refractivity (Wildman–Crippen MR) is 88.6 cm³/mol. The summed E-state index contributed by atoms with van der Waals surface area (Å²) in [5.41, 5.74) is 4.08. The normalized spacial score (nSPS) is 13.2. The minimum atomic E-state index is -0.247. The fraction of sp³-hybridized carbons (Fsp3) is 0.368. The van der Waals surface area contributed by atoms with E-state index in [1.165, 1.54) is 11.6 Å². The van der Waals surface area contributed by atoms with Crippen molar-refractivity contribution < 1.29 is 4.39 Å². The second-order valence-corrected chi connectivity index (χ2v) is 6.67. The Morgan fingerprint density at radius 3 is 2.14 bits per heavy atom. The number of alkyl halides is 1. The number of rotatable bonds is 4. The molecule has 0 bridgehead atoms. The van der Waals surface area contributed by atoms with Gasteiger partial charge in [-0.15, -0.1) is 11.6 Å². The van der Waals surface area contributed by atoms with E-state index < -0.39 is 0 Å². The van der Waals surface area contributed by atoms with E-state index in [1.807, 2.05) is 6.07 Å². The Morgan fingerprint density at radius 2 is 1.62 bits per heavy atom. The molecular weight excluding hydrogens is 283 g/mol. The lowest BCUT2D eigenvalue weighted by atomic mass is 9.82. The van der Waals surface area contributed by atoms with Crippen molar-refractivity contribution >= 4 is 11.6 Å². The minimum absolute atomic E-state index is 0.173. The SMILES string of the molecule is CCC(C)(C)c1ccc(C(Cl)c2ccc(F)c(C)c2)cc1.